The fourth-order valence-corrected chi connectivity index (χ4v) is 2.31. The molecule has 0 radical (unpaired) electrons. The van der Waals surface area contributed by atoms with Crippen molar-refractivity contribution in [1.29, 1.82) is 0 Å². The monoisotopic (exact) mass is 288 g/mol. The number of ether oxygens (including phenoxy) is 1. The first-order chi connectivity index (χ1) is 9.69. The van der Waals surface area contributed by atoms with Crippen LogP contribution in [-0.2, 0) is 4.74 Å². The number of carbonyl (C=O) groups excluding carboxylic acids is 1. The summed E-state index contributed by atoms with van der Waals surface area (Å²) in [5.41, 5.74) is 1.14. The number of thioether (sulfide) groups is 1. The lowest BCUT2D eigenvalue weighted by Crippen LogP contribution is -2.00. The number of halogens is 1. The zero-order valence-electron chi connectivity index (χ0n) is 10.9. The minimum atomic E-state index is -0.403. The highest BCUT2D eigenvalue weighted by Crippen LogP contribution is 2.28. The first-order valence-corrected chi connectivity index (χ1v) is 6.79. The first kappa shape index (κ1) is 14.3. The van der Waals surface area contributed by atoms with Crippen LogP contribution in [0.5, 0.6) is 0 Å². The number of rotatable bonds is 4. The molecule has 0 saturated heterocycles. The van der Waals surface area contributed by atoms with Gasteiger partial charge >= 0.3 is 5.97 Å². The van der Waals surface area contributed by atoms with Crippen molar-refractivity contribution < 1.29 is 13.9 Å². The average Bonchev–Trinajstić information content (AvgIpc) is 2.48. The first-order valence-electron chi connectivity index (χ1n) is 5.97. The molecule has 0 spiro atoms. The molecule has 2 nitrogen and oxygen atoms in total. The van der Waals surface area contributed by atoms with Crippen molar-refractivity contribution in [2.45, 2.75) is 4.90 Å². The Balaban J connectivity index is 2.08. The van der Waals surface area contributed by atoms with Crippen molar-refractivity contribution in [2.75, 3.05) is 7.11 Å². The molecule has 0 N–H and O–H groups in total. The smallest absolute Gasteiger partial charge is 0.337 e. The number of methoxy groups -OCH3 is 1. The van der Waals surface area contributed by atoms with E-state index in [9.17, 15) is 9.18 Å². The van der Waals surface area contributed by atoms with Crippen molar-refractivity contribution >= 4 is 23.8 Å². The topological polar surface area (TPSA) is 26.3 Å². The molecule has 0 aliphatic carbocycles. The normalized spacial score (nSPS) is 11.2. The molecular formula is C16H13FO2S. The Hall–Kier alpha value is -2.07. The molecule has 0 aliphatic rings. The molecule has 2 aromatic carbocycles. The summed E-state index contributed by atoms with van der Waals surface area (Å²) >= 11 is 1.06. The lowest BCUT2D eigenvalue weighted by Gasteiger charge is -2.01. The molecular weight excluding hydrogens is 275 g/mol. The van der Waals surface area contributed by atoms with Gasteiger partial charge in [0.25, 0.3) is 0 Å². The summed E-state index contributed by atoms with van der Waals surface area (Å²) in [4.78, 5) is 12.1. The molecule has 20 heavy (non-hydrogen) atoms. The molecule has 0 aromatic heterocycles. The number of carbonyl (C=O) groups is 1. The standard InChI is InChI=1S/C16H13FO2S/c1-19-16(18)13-9-7-12(8-10-13)11-15(17)20-14-5-3-2-4-6-14/h2-11H,1H3/b15-11+. The Bertz CT molecular complexity index is 606. The van der Waals surface area contributed by atoms with Crippen LogP contribution in [0.3, 0.4) is 0 Å². The van der Waals surface area contributed by atoms with Gasteiger partial charge in [0.1, 0.15) is 0 Å². The van der Waals surface area contributed by atoms with Crippen LogP contribution in [-0.4, -0.2) is 13.1 Å². The van der Waals surface area contributed by atoms with Crippen LogP contribution >= 0.6 is 11.8 Å². The van der Waals surface area contributed by atoms with Crippen LogP contribution in [0, 0.1) is 0 Å². The Kier molecular flexibility index (Phi) is 4.96. The summed E-state index contributed by atoms with van der Waals surface area (Å²) in [6.07, 6.45) is 1.43. The Morgan fingerprint density at radius 1 is 1.10 bits per heavy atom. The van der Waals surface area contributed by atoms with Gasteiger partial charge in [0.05, 0.1) is 12.7 Å². The SMILES string of the molecule is COC(=O)c1ccc(/C=C(\F)Sc2ccccc2)cc1. The summed E-state index contributed by atoms with van der Waals surface area (Å²) in [6, 6.07) is 15.9. The molecule has 2 aromatic rings. The maximum atomic E-state index is 13.8. The van der Waals surface area contributed by atoms with E-state index in [1.807, 2.05) is 30.3 Å². The summed E-state index contributed by atoms with van der Waals surface area (Å²) in [5.74, 6) is -0.403. The highest BCUT2D eigenvalue weighted by atomic mass is 32.2. The van der Waals surface area contributed by atoms with E-state index in [4.69, 9.17) is 0 Å². The number of esters is 1. The maximum absolute atomic E-state index is 13.8. The van der Waals surface area contributed by atoms with E-state index >= 15 is 0 Å². The Morgan fingerprint density at radius 3 is 2.35 bits per heavy atom. The number of hydrogen-bond donors (Lipinski definition) is 0. The van der Waals surface area contributed by atoms with Gasteiger partial charge in [0.2, 0.25) is 0 Å². The third-order valence-corrected chi connectivity index (χ3v) is 3.39. The van der Waals surface area contributed by atoms with Gasteiger partial charge in [-0.25, -0.2) is 4.79 Å². The highest BCUT2D eigenvalue weighted by Gasteiger charge is 2.04. The van der Waals surface area contributed by atoms with Crippen LogP contribution in [0.4, 0.5) is 4.39 Å². The van der Waals surface area contributed by atoms with E-state index in [-0.39, 0.29) is 5.16 Å². The predicted octanol–water partition coefficient (Wildman–Crippen LogP) is 4.53. The van der Waals surface area contributed by atoms with Crippen LogP contribution in [0.2, 0.25) is 0 Å². The average molecular weight is 288 g/mol. The minimum Gasteiger partial charge on any atom is -0.465 e. The van der Waals surface area contributed by atoms with Gasteiger partial charge in [0.15, 0.2) is 5.16 Å². The van der Waals surface area contributed by atoms with Crippen LogP contribution in [0.1, 0.15) is 15.9 Å². The van der Waals surface area contributed by atoms with Gasteiger partial charge in [-0.15, -0.1) is 0 Å². The lowest BCUT2D eigenvalue weighted by molar-refractivity contribution is 0.0601. The highest BCUT2D eigenvalue weighted by molar-refractivity contribution is 8.03. The third-order valence-electron chi connectivity index (χ3n) is 2.57. The third kappa shape index (κ3) is 3.96. The van der Waals surface area contributed by atoms with Gasteiger partial charge in [0, 0.05) is 4.90 Å². The predicted molar refractivity (Wildman–Crippen MR) is 79.2 cm³/mol. The second kappa shape index (κ2) is 6.91. The quantitative estimate of drug-likeness (QED) is 0.610. The van der Waals surface area contributed by atoms with Gasteiger partial charge in [-0.2, -0.15) is 4.39 Å². The van der Waals surface area contributed by atoms with E-state index in [1.54, 1.807) is 24.3 Å². The zero-order valence-corrected chi connectivity index (χ0v) is 11.7. The van der Waals surface area contributed by atoms with E-state index < -0.39 is 5.97 Å². The van der Waals surface area contributed by atoms with Gasteiger partial charge in [-0.05, 0) is 35.9 Å². The molecule has 0 bridgehead atoms. The van der Waals surface area contributed by atoms with E-state index in [0.29, 0.717) is 11.1 Å². The van der Waals surface area contributed by atoms with Crippen molar-refractivity contribution in [3.63, 3.8) is 0 Å². The molecule has 4 heteroatoms. The molecule has 102 valence electrons. The van der Waals surface area contributed by atoms with Crippen molar-refractivity contribution in [2.24, 2.45) is 0 Å². The van der Waals surface area contributed by atoms with Gasteiger partial charge < -0.3 is 4.74 Å². The van der Waals surface area contributed by atoms with Crippen LogP contribution in [0.25, 0.3) is 6.08 Å². The Morgan fingerprint density at radius 2 is 1.75 bits per heavy atom. The van der Waals surface area contributed by atoms with Gasteiger partial charge in [-0.1, -0.05) is 42.1 Å². The largest absolute Gasteiger partial charge is 0.465 e. The molecule has 2 rings (SSSR count). The fraction of sp³-hybridized carbons (Fsp3) is 0.0625. The fourth-order valence-electron chi connectivity index (χ4n) is 1.59. The van der Waals surface area contributed by atoms with Gasteiger partial charge in [-0.3, -0.25) is 0 Å². The molecule has 0 fully saturated rings. The number of benzene rings is 2. The molecule has 0 saturated carbocycles. The summed E-state index contributed by atoms with van der Waals surface area (Å²) in [7, 11) is 1.33. The second-order valence-electron chi connectivity index (χ2n) is 3.98. The van der Waals surface area contributed by atoms with Crippen molar-refractivity contribution in [3.05, 3.63) is 70.9 Å². The summed E-state index contributed by atoms with van der Waals surface area (Å²) in [6.45, 7) is 0. The molecule has 0 aliphatic heterocycles. The van der Waals surface area contributed by atoms with E-state index in [0.717, 1.165) is 16.7 Å². The molecule has 0 atom stereocenters. The molecule has 0 unspecified atom stereocenters. The zero-order chi connectivity index (χ0) is 14.4. The molecule has 0 amide bonds. The summed E-state index contributed by atoms with van der Waals surface area (Å²) in [5, 5.41) is -0.304. The van der Waals surface area contributed by atoms with E-state index in [2.05, 4.69) is 4.74 Å². The van der Waals surface area contributed by atoms with E-state index in [1.165, 1.54) is 13.2 Å². The van der Waals surface area contributed by atoms with Crippen LogP contribution in [0.15, 0.2) is 64.7 Å². The second-order valence-corrected chi connectivity index (χ2v) is 5.04. The van der Waals surface area contributed by atoms with Crippen LogP contribution < -0.4 is 0 Å². The maximum Gasteiger partial charge on any atom is 0.337 e. The summed E-state index contributed by atoms with van der Waals surface area (Å²) < 4.78 is 18.4. The van der Waals surface area contributed by atoms with Crippen molar-refractivity contribution in [3.8, 4) is 0 Å². The Labute approximate surface area is 121 Å². The van der Waals surface area contributed by atoms with Crippen molar-refractivity contribution in [1.82, 2.24) is 0 Å². The molecule has 0 heterocycles. The minimum absolute atomic E-state index is 0.304. The number of hydrogen-bond acceptors (Lipinski definition) is 3. The lowest BCUT2D eigenvalue weighted by atomic mass is 10.1.